The molecule has 3 nitrogen and oxygen atoms in total. The Hall–Kier alpha value is -1.68. The Labute approximate surface area is 121 Å². The van der Waals surface area contributed by atoms with Crippen LogP contribution in [-0.2, 0) is 0 Å². The number of halogens is 1. The summed E-state index contributed by atoms with van der Waals surface area (Å²) in [5.41, 5.74) is 4.40. The first-order chi connectivity index (χ1) is 8.97. The summed E-state index contributed by atoms with van der Waals surface area (Å²) < 4.78 is 0.872. The van der Waals surface area contributed by atoms with E-state index in [9.17, 15) is 5.11 Å². The van der Waals surface area contributed by atoms with Gasteiger partial charge in [0.1, 0.15) is 11.4 Å². The van der Waals surface area contributed by atoms with Crippen molar-refractivity contribution in [2.45, 2.75) is 20.8 Å². The van der Waals surface area contributed by atoms with E-state index in [1.54, 1.807) is 6.07 Å². The molecule has 98 valence electrons. The Kier molecular flexibility index (Phi) is 4.00. The zero-order valence-electron chi connectivity index (χ0n) is 11.1. The molecule has 0 aromatic heterocycles. The van der Waals surface area contributed by atoms with Crippen LogP contribution in [0, 0.1) is 20.8 Å². The number of phenols is 1. The summed E-state index contributed by atoms with van der Waals surface area (Å²) in [6.45, 7) is 5.92. The number of nitrogens with zero attached hydrogens (tertiary/aromatic N) is 2. The van der Waals surface area contributed by atoms with Crippen LogP contribution in [0.1, 0.15) is 16.7 Å². The van der Waals surface area contributed by atoms with Crippen molar-refractivity contribution in [1.29, 1.82) is 0 Å². The Bertz CT molecular complexity index is 651. The molecule has 2 aromatic carbocycles. The van der Waals surface area contributed by atoms with E-state index < -0.39 is 0 Å². The second-order valence-corrected chi connectivity index (χ2v) is 5.47. The quantitative estimate of drug-likeness (QED) is 0.730. The summed E-state index contributed by atoms with van der Waals surface area (Å²) >= 11 is 3.38. The van der Waals surface area contributed by atoms with Gasteiger partial charge in [-0.05, 0) is 61.7 Å². The van der Waals surface area contributed by atoms with E-state index in [-0.39, 0.29) is 5.75 Å². The summed E-state index contributed by atoms with van der Waals surface area (Å²) in [5, 5.41) is 18.2. The number of phenolic OH excluding ortho intramolecular Hbond substituents is 1. The second-order valence-electron chi connectivity index (χ2n) is 4.56. The average molecular weight is 319 g/mol. The van der Waals surface area contributed by atoms with Crippen molar-refractivity contribution in [3.05, 3.63) is 51.5 Å². The maximum absolute atomic E-state index is 9.92. The molecule has 0 aliphatic carbocycles. The van der Waals surface area contributed by atoms with Crippen LogP contribution in [0.15, 0.2) is 45.0 Å². The van der Waals surface area contributed by atoms with Crippen LogP contribution in [0.2, 0.25) is 0 Å². The molecular weight excluding hydrogens is 304 g/mol. The molecule has 0 aliphatic rings. The van der Waals surface area contributed by atoms with Crippen LogP contribution in [0.5, 0.6) is 5.75 Å². The van der Waals surface area contributed by atoms with Gasteiger partial charge in [0.2, 0.25) is 0 Å². The van der Waals surface area contributed by atoms with Gasteiger partial charge in [-0.15, -0.1) is 5.11 Å². The Balaban J connectivity index is 2.35. The first-order valence-corrected chi connectivity index (χ1v) is 6.75. The number of benzene rings is 2. The van der Waals surface area contributed by atoms with Gasteiger partial charge >= 0.3 is 0 Å². The van der Waals surface area contributed by atoms with Crippen LogP contribution >= 0.6 is 15.9 Å². The van der Waals surface area contributed by atoms with Crippen LogP contribution in [0.25, 0.3) is 0 Å². The zero-order chi connectivity index (χ0) is 14.0. The second kappa shape index (κ2) is 5.53. The van der Waals surface area contributed by atoms with E-state index in [2.05, 4.69) is 33.1 Å². The number of rotatable bonds is 2. The fraction of sp³-hybridized carbons (Fsp3) is 0.200. The highest BCUT2D eigenvalue weighted by atomic mass is 79.9. The Morgan fingerprint density at radius 1 is 0.895 bits per heavy atom. The molecule has 0 saturated carbocycles. The van der Waals surface area contributed by atoms with Gasteiger partial charge in [-0.1, -0.05) is 22.0 Å². The summed E-state index contributed by atoms with van der Waals surface area (Å²) in [5.74, 6) is 0.163. The number of hydrogen-bond acceptors (Lipinski definition) is 3. The van der Waals surface area contributed by atoms with Gasteiger partial charge < -0.3 is 5.11 Å². The van der Waals surface area contributed by atoms with Crippen LogP contribution in [-0.4, -0.2) is 5.11 Å². The maximum Gasteiger partial charge on any atom is 0.146 e. The minimum Gasteiger partial charge on any atom is -0.505 e. The molecule has 0 amide bonds. The van der Waals surface area contributed by atoms with Gasteiger partial charge in [-0.2, -0.15) is 5.11 Å². The third-order valence-corrected chi connectivity index (χ3v) is 3.47. The van der Waals surface area contributed by atoms with Gasteiger partial charge in [-0.25, -0.2) is 0 Å². The van der Waals surface area contributed by atoms with Crippen LogP contribution < -0.4 is 0 Å². The van der Waals surface area contributed by atoms with Crippen molar-refractivity contribution in [3.63, 3.8) is 0 Å². The molecule has 19 heavy (non-hydrogen) atoms. The zero-order valence-corrected chi connectivity index (χ0v) is 12.7. The third kappa shape index (κ3) is 3.20. The van der Waals surface area contributed by atoms with Gasteiger partial charge in [0.25, 0.3) is 0 Å². The fourth-order valence-electron chi connectivity index (χ4n) is 1.69. The summed E-state index contributed by atoms with van der Waals surface area (Å²) in [6, 6.07) is 9.47. The number of azo groups is 1. The summed E-state index contributed by atoms with van der Waals surface area (Å²) in [4.78, 5) is 0. The lowest BCUT2D eigenvalue weighted by Crippen LogP contribution is -1.78. The lowest BCUT2D eigenvalue weighted by Gasteiger charge is -2.03. The smallest absolute Gasteiger partial charge is 0.146 e. The fourth-order valence-corrected chi connectivity index (χ4v) is 2.25. The predicted octanol–water partition coefficient (Wildman–Crippen LogP) is 5.50. The molecule has 0 radical (unpaired) electrons. The van der Waals surface area contributed by atoms with Crippen molar-refractivity contribution in [3.8, 4) is 5.75 Å². The van der Waals surface area contributed by atoms with Crippen LogP contribution in [0.3, 0.4) is 0 Å². The number of aromatic hydroxyl groups is 1. The third-order valence-electron chi connectivity index (χ3n) is 3.01. The van der Waals surface area contributed by atoms with Gasteiger partial charge in [0.15, 0.2) is 0 Å². The molecular formula is C15H15BrN2O. The van der Waals surface area contributed by atoms with E-state index in [4.69, 9.17) is 0 Å². The molecule has 0 bridgehead atoms. The number of aryl methyl sites for hydroxylation is 3. The van der Waals surface area contributed by atoms with Crippen molar-refractivity contribution in [2.24, 2.45) is 10.2 Å². The van der Waals surface area contributed by atoms with E-state index in [1.807, 2.05) is 38.1 Å². The SMILES string of the molecule is Cc1ccc(N=Nc2cc(Br)cc(C)c2O)cc1C. The van der Waals surface area contributed by atoms with Crippen molar-refractivity contribution in [2.75, 3.05) is 0 Å². The van der Waals surface area contributed by atoms with E-state index in [0.29, 0.717) is 5.69 Å². The minimum atomic E-state index is 0.163. The first kappa shape index (κ1) is 13.7. The standard InChI is InChI=1S/C15H15BrN2O/c1-9-4-5-13(7-10(9)2)17-18-14-8-12(16)6-11(3)15(14)19/h4-8,19H,1-3H3. The summed E-state index contributed by atoms with van der Waals surface area (Å²) in [6.07, 6.45) is 0. The van der Waals surface area contributed by atoms with Crippen molar-refractivity contribution < 1.29 is 5.11 Å². The molecule has 0 heterocycles. The predicted molar refractivity (Wildman–Crippen MR) is 80.6 cm³/mol. The lowest BCUT2D eigenvalue weighted by molar-refractivity contribution is 0.472. The van der Waals surface area contributed by atoms with Gasteiger partial charge in [0.05, 0.1) is 5.69 Å². The van der Waals surface area contributed by atoms with Gasteiger partial charge in [0, 0.05) is 4.47 Å². The lowest BCUT2D eigenvalue weighted by atomic mass is 10.1. The highest BCUT2D eigenvalue weighted by molar-refractivity contribution is 9.10. The molecule has 0 fully saturated rings. The molecule has 0 aliphatic heterocycles. The molecule has 0 unspecified atom stereocenters. The topological polar surface area (TPSA) is 45.0 Å². The highest BCUT2D eigenvalue weighted by Crippen LogP contribution is 2.34. The average Bonchev–Trinajstić information content (AvgIpc) is 2.36. The Morgan fingerprint density at radius 3 is 2.32 bits per heavy atom. The summed E-state index contributed by atoms with van der Waals surface area (Å²) in [7, 11) is 0. The Morgan fingerprint density at radius 2 is 1.63 bits per heavy atom. The largest absolute Gasteiger partial charge is 0.505 e. The molecule has 2 aromatic rings. The normalized spacial score (nSPS) is 11.2. The molecule has 0 atom stereocenters. The van der Waals surface area contributed by atoms with E-state index in [0.717, 1.165) is 15.7 Å². The number of hydrogen-bond donors (Lipinski definition) is 1. The maximum atomic E-state index is 9.92. The highest BCUT2D eigenvalue weighted by Gasteiger charge is 2.05. The minimum absolute atomic E-state index is 0.163. The van der Waals surface area contributed by atoms with Crippen molar-refractivity contribution >= 4 is 27.3 Å². The molecule has 0 saturated heterocycles. The monoisotopic (exact) mass is 318 g/mol. The van der Waals surface area contributed by atoms with E-state index >= 15 is 0 Å². The van der Waals surface area contributed by atoms with Crippen LogP contribution in [0.4, 0.5) is 11.4 Å². The molecule has 0 spiro atoms. The van der Waals surface area contributed by atoms with Crippen molar-refractivity contribution in [1.82, 2.24) is 0 Å². The van der Waals surface area contributed by atoms with Gasteiger partial charge in [-0.3, -0.25) is 0 Å². The molecule has 2 rings (SSSR count). The first-order valence-electron chi connectivity index (χ1n) is 5.95. The van der Waals surface area contributed by atoms with E-state index in [1.165, 1.54) is 11.1 Å². The molecule has 4 heteroatoms. The molecule has 1 N–H and O–H groups in total.